The number of H-pyrrole nitrogens is 1. The lowest BCUT2D eigenvalue weighted by Gasteiger charge is -1.98. The summed E-state index contributed by atoms with van der Waals surface area (Å²) in [5, 5.41) is 6.12. The molecule has 20 heavy (non-hydrogen) atoms. The van der Waals surface area contributed by atoms with Crippen molar-refractivity contribution in [2.75, 3.05) is 0 Å². The molecule has 1 heterocycles. The highest BCUT2D eigenvalue weighted by Crippen LogP contribution is 2.20. The summed E-state index contributed by atoms with van der Waals surface area (Å²) in [6.45, 7) is 2.06. The van der Waals surface area contributed by atoms with E-state index in [9.17, 15) is 4.91 Å². The van der Waals surface area contributed by atoms with E-state index in [1.165, 1.54) is 5.56 Å². The number of hydrogen-bond acceptors (Lipinski definition) is 2. The van der Waals surface area contributed by atoms with Gasteiger partial charge in [0.2, 0.25) is 11.4 Å². The van der Waals surface area contributed by atoms with Crippen LogP contribution in [0.4, 0.5) is 5.69 Å². The molecule has 0 aliphatic heterocycles. The minimum Gasteiger partial charge on any atom is -0.167 e. The fraction of sp³-hybridized carbons (Fsp3) is 0.0625. The van der Waals surface area contributed by atoms with Crippen molar-refractivity contribution in [2.45, 2.75) is 6.92 Å². The van der Waals surface area contributed by atoms with Gasteiger partial charge in [0.15, 0.2) is 0 Å². The first kappa shape index (κ1) is 12.3. The normalized spacial score (nSPS) is 10.4. The third-order valence-corrected chi connectivity index (χ3v) is 3.25. The Morgan fingerprint density at radius 2 is 1.65 bits per heavy atom. The fourth-order valence-electron chi connectivity index (χ4n) is 2.16. The van der Waals surface area contributed by atoms with Crippen LogP contribution in [0.3, 0.4) is 0 Å². The third-order valence-electron chi connectivity index (χ3n) is 3.25. The molecule has 0 bridgehead atoms. The van der Waals surface area contributed by atoms with Crippen LogP contribution >= 0.6 is 0 Å². The van der Waals surface area contributed by atoms with E-state index >= 15 is 0 Å². The second-order valence-electron chi connectivity index (χ2n) is 4.66. The summed E-state index contributed by atoms with van der Waals surface area (Å²) >= 11 is 0. The number of aromatic nitrogens is 2. The first-order chi connectivity index (χ1) is 9.78. The Kier molecular flexibility index (Phi) is 3.13. The molecule has 0 fully saturated rings. The van der Waals surface area contributed by atoms with E-state index in [4.69, 9.17) is 0 Å². The van der Waals surface area contributed by atoms with E-state index < -0.39 is 0 Å². The average molecular weight is 264 g/mol. The zero-order valence-corrected chi connectivity index (χ0v) is 11.1. The van der Waals surface area contributed by atoms with Crippen molar-refractivity contribution in [3.63, 3.8) is 0 Å². The predicted molar refractivity (Wildman–Crippen MR) is 78.0 cm³/mol. The number of benzene rings is 2. The molecule has 4 heteroatoms. The van der Waals surface area contributed by atoms with Gasteiger partial charge in [-0.3, -0.25) is 0 Å². The molecular weight excluding hydrogens is 250 g/mol. The molecule has 0 atom stereocenters. The molecule has 1 N–H and O–H groups in total. The van der Waals surface area contributed by atoms with E-state index in [1.807, 2.05) is 29.1 Å². The van der Waals surface area contributed by atoms with Crippen LogP contribution in [0.25, 0.3) is 16.9 Å². The minimum atomic E-state index is 0.436. The molecular formula is C16H14N3O+. The molecule has 0 unspecified atom stereocenters. The Balaban J connectivity index is 2.04. The van der Waals surface area contributed by atoms with Crippen LogP contribution in [0, 0.1) is 11.8 Å². The number of nitrogens with zero attached hydrogens (tertiary/aromatic N) is 2. The van der Waals surface area contributed by atoms with E-state index in [-0.39, 0.29) is 0 Å². The summed E-state index contributed by atoms with van der Waals surface area (Å²) < 4.78 is 2.00. The molecule has 1 aromatic heterocycles. The van der Waals surface area contributed by atoms with Gasteiger partial charge in [0.1, 0.15) is 5.69 Å². The molecule has 3 aromatic rings. The standard InChI is InChI=1S/C16H13N3O/c1-12-2-8-15(9-3-12)19-16(10-11-17-19)13-4-6-14(18-20)7-5-13/h2-11H,1H3/p+1. The largest absolute Gasteiger partial charge is 0.245 e. The molecule has 0 radical (unpaired) electrons. The smallest absolute Gasteiger partial charge is 0.167 e. The Labute approximate surface area is 116 Å². The molecule has 3 rings (SSSR count). The molecule has 0 saturated heterocycles. The highest BCUT2D eigenvalue weighted by atomic mass is 16.3. The van der Waals surface area contributed by atoms with Crippen LogP contribution in [0.1, 0.15) is 5.56 Å². The second-order valence-corrected chi connectivity index (χ2v) is 4.66. The Hall–Kier alpha value is -2.75. The van der Waals surface area contributed by atoms with Gasteiger partial charge < -0.3 is 0 Å². The fourth-order valence-corrected chi connectivity index (χ4v) is 2.16. The Morgan fingerprint density at radius 3 is 2.30 bits per heavy atom. The van der Waals surface area contributed by atoms with Crippen LogP contribution < -0.4 is 4.68 Å². The highest BCUT2D eigenvalue weighted by Gasteiger charge is 2.17. The van der Waals surface area contributed by atoms with E-state index in [1.54, 1.807) is 12.1 Å². The van der Waals surface area contributed by atoms with Crippen LogP contribution in [0.5, 0.6) is 0 Å². The zero-order valence-electron chi connectivity index (χ0n) is 11.1. The first-order valence-electron chi connectivity index (χ1n) is 6.38. The van der Waals surface area contributed by atoms with Gasteiger partial charge in [-0.05, 0) is 36.4 Å². The summed E-state index contributed by atoms with van der Waals surface area (Å²) in [6.07, 6.45) is 1.89. The molecule has 98 valence electrons. The number of hydrogen-bond donors (Lipinski definition) is 1. The zero-order chi connectivity index (χ0) is 13.9. The number of nitroso groups, excluding NO2 is 1. The number of nitrogens with one attached hydrogen (secondary N) is 1. The van der Waals surface area contributed by atoms with E-state index in [0.29, 0.717) is 5.69 Å². The Morgan fingerprint density at radius 1 is 0.950 bits per heavy atom. The van der Waals surface area contributed by atoms with E-state index in [2.05, 4.69) is 41.5 Å². The van der Waals surface area contributed by atoms with Crippen molar-refractivity contribution in [3.8, 4) is 16.9 Å². The lowest BCUT2D eigenvalue weighted by atomic mass is 10.1. The maximum absolute atomic E-state index is 10.5. The van der Waals surface area contributed by atoms with Gasteiger partial charge in [-0.1, -0.05) is 22.4 Å². The maximum Gasteiger partial charge on any atom is 0.245 e. The van der Waals surface area contributed by atoms with E-state index in [0.717, 1.165) is 16.9 Å². The molecule has 0 saturated carbocycles. The van der Waals surface area contributed by atoms with Crippen molar-refractivity contribution in [3.05, 3.63) is 71.3 Å². The van der Waals surface area contributed by atoms with Crippen LogP contribution in [0.2, 0.25) is 0 Å². The van der Waals surface area contributed by atoms with Gasteiger partial charge in [0.05, 0.1) is 6.20 Å². The minimum absolute atomic E-state index is 0.436. The van der Waals surface area contributed by atoms with Gasteiger partial charge in [-0.15, -0.1) is 4.91 Å². The van der Waals surface area contributed by atoms with Crippen molar-refractivity contribution < 1.29 is 4.68 Å². The topological polar surface area (TPSA) is 49.1 Å². The van der Waals surface area contributed by atoms with Gasteiger partial charge in [-0.25, -0.2) is 0 Å². The van der Waals surface area contributed by atoms with Crippen LogP contribution in [0.15, 0.2) is 66.0 Å². The lowest BCUT2D eigenvalue weighted by Crippen LogP contribution is -2.34. The summed E-state index contributed by atoms with van der Waals surface area (Å²) in [6, 6.07) is 17.5. The molecule has 0 amide bonds. The second kappa shape index (κ2) is 5.09. The molecule has 0 aliphatic carbocycles. The van der Waals surface area contributed by atoms with Crippen molar-refractivity contribution in [2.24, 2.45) is 5.18 Å². The number of rotatable bonds is 3. The summed E-state index contributed by atoms with van der Waals surface area (Å²) in [5.41, 5.74) is 4.79. The molecule has 0 aliphatic rings. The SMILES string of the molecule is Cc1ccc(-[n+]2[nH]ccc2-c2ccc(N=O)cc2)cc1. The molecule has 4 nitrogen and oxygen atoms in total. The lowest BCUT2D eigenvalue weighted by molar-refractivity contribution is -0.644. The quantitative estimate of drug-likeness (QED) is 0.569. The summed E-state index contributed by atoms with van der Waals surface area (Å²) in [7, 11) is 0. The molecule has 2 aromatic carbocycles. The number of aromatic amines is 1. The Bertz CT molecular complexity index is 727. The highest BCUT2D eigenvalue weighted by molar-refractivity contribution is 5.59. The van der Waals surface area contributed by atoms with Crippen LogP contribution in [-0.2, 0) is 0 Å². The summed E-state index contributed by atoms with van der Waals surface area (Å²) in [4.78, 5) is 10.5. The van der Waals surface area contributed by atoms with Gasteiger partial charge in [-0.2, -0.15) is 5.10 Å². The number of aryl methyl sites for hydroxylation is 1. The predicted octanol–water partition coefficient (Wildman–Crippen LogP) is 3.66. The van der Waals surface area contributed by atoms with Crippen molar-refractivity contribution in [1.82, 2.24) is 5.10 Å². The first-order valence-corrected chi connectivity index (χ1v) is 6.38. The third kappa shape index (κ3) is 2.23. The monoisotopic (exact) mass is 264 g/mol. The van der Waals surface area contributed by atoms with Gasteiger partial charge in [0.25, 0.3) is 0 Å². The van der Waals surface area contributed by atoms with Gasteiger partial charge >= 0.3 is 0 Å². The molecule has 0 spiro atoms. The maximum atomic E-state index is 10.5. The van der Waals surface area contributed by atoms with Crippen LogP contribution in [-0.4, -0.2) is 5.10 Å². The summed E-state index contributed by atoms with van der Waals surface area (Å²) in [5.74, 6) is 0. The average Bonchev–Trinajstić information content (AvgIpc) is 2.97. The van der Waals surface area contributed by atoms with Crippen molar-refractivity contribution in [1.29, 1.82) is 0 Å². The van der Waals surface area contributed by atoms with Crippen molar-refractivity contribution >= 4 is 5.69 Å². The van der Waals surface area contributed by atoms with Gasteiger partial charge in [0, 0.05) is 23.8 Å².